The Morgan fingerprint density at radius 2 is 2.05 bits per heavy atom. The maximum absolute atomic E-state index is 6.37. The van der Waals surface area contributed by atoms with E-state index in [1.807, 2.05) is 19.1 Å². The Kier molecular flexibility index (Phi) is 3.72. The number of imidazole rings is 1. The molecule has 1 fully saturated rings. The second-order valence-corrected chi connectivity index (χ2v) is 7.16. The summed E-state index contributed by atoms with van der Waals surface area (Å²) in [6, 6.07) is 6.43. The van der Waals surface area contributed by atoms with Gasteiger partial charge in [0, 0.05) is 11.1 Å². The van der Waals surface area contributed by atoms with Crippen LogP contribution in [0.4, 0.5) is 0 Å². The molecule has 0 saturated heterocycles. The number of halogens is 2. The van der Waals surface area contributed by atoms with Crippen molar-refractivity contribution in [1.29, 1.82) is 0 Å². The van der Waals surface area contributed by atoms with E-state index in [4.69, 9.17) is 28.2 Å². The van der Waals surface area contributed by atoms with E-state index in [0.717, 1.165) is 27.8 Å². The van der Waals surface area contributed by atoms with Crippen LogP contribution < -0.4 is 0 Å². The van der Waals surface area contributed by atoms with Crippen LogP contribution >= 0.6 is 23.2 Å². The topological polar surface area (TPSA) is 17.8 Å². The second kappa shape index (κ2) is 5.23. The first-order valence-electron chi connectivity index (χ1n) is 7.30. The molecule has 4 heteroatoms. The van der Waals surface area contributed by atoms with Crippen LogP contribution in [0.2, 0.25) is 5.02 Å². The third kappa shape index (κ3) is 2.23. The fourth-order valence-electron chi connectivity index (χ4n) is 3.42. The molecule has 1 aliphatic carbocycles. The van der Waals surface area contributed by atoms with Gasteiger partial charge in [-0.15, -0.1) is 11.6 Å². The van der Waals surface area contributed by atoms with E-state index in [1.165, 1.54) is 12.8 Å². The standard InChI is InChI=1S/C16H20Cl2N2/c1-9-4-6-14(10(9)2)20-15-7-5-12(18)8-13(15)19-16(20)11(3)17/h5,7-11,14H,4,6H2,1-3H3. The molecule has 0 bridgehead atoms. The van der Waals surface area contributed by atoms with E-state index in [9.17, 15) is 0 Å². The number of fused-ring (bicyclic) bond motifs is 1. The monoisotopic (exact) mass is 310 g/mol. The number of alkyl halides is 1. The summed E-state index contributed by atoms with van der Waals surface area (Å²) in [5.41, 5.74) is 2.11. The third-order valence-electron chi connectivity index (χ3n) is 4.79. The molecule has 108 valence electrons. The van der Waals surface area contributed by atoms with E-state index in [2.05, 4.69) is 24.5 Å². The van der Waals surface area contributed by atoms with Crippen molar-refractivity contribution in [1.82, 2.24) is 9.55 Å². The molecule has 2 nitrogen and oxygen atoms in total. The third-order valence-corrected chi connectivity index (χ3v) is 5.22. The summed E-state index contributed by atoms with van der Waals surface area (Å²) < 4.78 is 2.36. The quantitative estimate of drug-likeness (QED) is 0.660. The highest BCUT2D eigenvalue weighted by molar-refractivity contribution is 6.31. The van der Waals surface area contributed by atoms with Gasteiger partial charge in [-0.3, -0.25) is 0 Å². The lowest BCUT2D eigenvalue weighted by Gasteiger charge is -2.23. The van der Waals surface area contributed by atoms with Gasteiger partial charge in [0.25, 0.3) is 0 Å². The molecule has 20 heavy (non-hydrogen) atoms. The van der Waals surface area contributed by atoms with E-state index in [0.29, 0.717) is 12.0 Å². The Hall–Kier alpha value is -0.730. The fraction of sp³-hybridized carbons (Fsp3) is 0.562. The molecule has 0 aliphatic heterocycles. The summed E-state index contributed by atoms with van der Waals surface area (Å²) in [4.78, 5) is 4.72. The van der Waals surface area contributed by atoms with Crippen LogP contribution in [-0.4, -0.2) is 9.55 Å². The van der Waals surface area contributed by atoms with Gasteiger partial charge in [-0.2, -0.15) is 0 Å². The van der Waals surface area contributed by atoms with Crippen molar-refractivity contribution in [2.45, 2.75) is 45.0 Å². The lowest BCUT2D eigenvalue weighted by molar-refractivity contribution is 0.352. The molecule has 1 aliphatic rings. The lowest BCUT2D eigenvalue weighted by Crippen LogP contribution is -2.17. The van der Waals surface area contributed by atoms with Gasteiger partial charge >= 0.3 is 0 Å². The Labute approximate surface area is 130 Å². The highest BCUT2D eigenvalue weighted by Gasteiger charge is 2.34. The van der Waals surface area contributed by atoms with Crippen molar-refractivity contribution >= 4 is 34.2 Å². The summed E-state index contributed by atoms with van der Waals surface area (Å²) in [7, 11) is 0. The predicted octanol–water partition coefficient (Wildman–Crippen LogP) is 5.60. The highest BCUT2D eigenvalue weighted by atomic mass is 35.5. The molecule has 1 heterocycles. The molecule has 1 aromatic heterocycles. The molecule has 1 saturated carbocycles. The molecule has 0 amide bonds. The second-order valence-electron chi connectivity index (χ2n) is 6.07. The molecular weight excluding hydrogens is 291 g/mol. The Balaban J connectivity index is 2.19. The largest absolute Gasteiger partial charge is 0.323 e. The van der Waals surface area contributed by atoms with E-state index in [1.54, 1.807) is 0 Å². The Bertz CT molecular complexity index is 633. The van der Waals surface area contributed by atoms with Crippen molar-refractivity contribution < 1.29 is 0 Å². The number of nitrogens with zero attached hydrogens (tertiary/aromatic N) is 2. The van der Waals surface area contributed by atoms with Gasteiger partial charge in [0.1, 0.15) is 5.82 Å². The highest BCUT2D eigenvalue weighted by Crippen LogP contribution is 2.43. The normalized spacial score (nSPS) is 28.1. The average molecular weight is 311 g/mol. The van der Waals surface area contributed by atoms with E-state index in [-0.39, 0.29) is 5.38 Å². The zero-order valence-corrected chi connectivity index (χ0v) is 13.6. The van der Waals surface area contributed by atoms with Gasteiger partial charge in [0.05, 0.1) is 16.4 Å². The number of benzene rings is 1. The SMILES string of the molecule is CC(Cl)c1nc2cc(Cl)ccc2n1C1CCC(C)C1C. The van der Waals surface area contributed by atoms with Gasteiger partial charge in [-0.25, -0.2) is 4.98 Å². The van der Waals surface area contributed by atoms with E-state index >= 15 is 0 Å². The fourth-order valence-corrected chi connectivity index (χ4v) is 3.74. The van der Waals surface area contributed by atoms with E-state index < -0.39 is 0 Å². The first kappa shape index (κ1) is 14.2. The van der Waals surface area contributed by atoms with Crippen molar-refractivity contribution in [2.24, 2.45) is 11.8 Å². The van der Waals surface area contributed by atoms with Gasteiger partial charge in [-0.05, 0) is 49.8 Å². The number of hydrogen-bond acceptors (Lipinski definition) is 1. The van der Waals surface area contributed by atoms with Crippen LogP contribution in [0.5, 0.6) is 0 Å². The predicted molar refractivity (Wildman–Crippen MR) is 85.6 cm³/mol. The Morgan fingerprint density at radius 3 is 2.65 bits per heavy atom. The first-order chi connectivity index (χ1) is 9.49. The van der Waals surface area contributed by atoms with Crippen molar-refractivity contribution in [3.63, 3.8) is 0 Å². The molecule has 4 atom stereocenters. The Morgan fingerprint density at radius 1 is 1.30 bits per heavy atom. The average Bonchev–Trinajstić information content (AvgIpc) is 2.91. The van der Waals surface area contributed by atoms with Crippen LogP contribution in [0, 0.1) is 11.8 Å². The number of rotatable bonds is 2. The van der Waals surface area contributed by atoms with Gasteiger partial charge in [0.2, 0.25) is 0 Å². The molecular formula is C16H20Cl2N2. The van der Waals surface area contributed by atoms with Crippen LogP contribution in [0.3, 0.4) is 0 Å². The van der Waals surface area contributed by atoms with Crippen molar-refractivity contribution in [3.8, 4) is 0 Å². The molecule has 3 rings (SSSR count). The summed E-state index contributed by atoms with van der Waals surface area (Å²) in [5, 5.41) is 0.632. The van der Waals surface area contributed by atoms with Crippen LogP contribution in [0.1, 0.15) is 50.9 Å². The van der Waals surface area contributed by atoms with Crippen LogP contribution in [-0.2, 0) is 0 Å². The molecule has 0 N–H and O–H groups in total. The maximum atomic E-state index is 6.37. The molecule has 2 aromatic rings. The summed E-state index contributed by atoms with van der Waals surface area (Å²) >= 11 is 12.5. The number of hydrogen-bond donors (Lipinski definition) is 0. The van der Waals surface area contributed by atoms with Crippen molar-refractivity contribution in [3.05, 3.63) is 29.0 Å². The zero-order valence-electron chi connectivity index (χ0n) is 12.1. The summed E-state index contributed by atoms with van der Waals surface area (Å²) in [5.74, 6) is 2.37. The molecule has 0 radical (unpaired) electrons. The van der Waals surface area contributed by atoms with Crippen LogP contribution in [0.25, 0.3) is 11.0 Å². The van der Waals surface area contributed by atoms with Crippen molar-refractivity contribution in [2.75, 3.05) is 0 Å². The molecule has 4 unspecified atom stereocenters. The number of aromatic nitrogens is 2. The maximum Gasteiger partial charge on any atom is 0.127 e. The minimum Gasteiger partial charge on any atom is -0.323 e. The van der Waals surface area contributed by atoms with Gasteiger partial charge < -0.3 is 4.57 Å². The first-order valence-corrected chi connectivity index (χ1v) is 8.12. The molecule has 1 aromatic carbocycles. The minimum atomic E-state index is -0.0933. The van der Waals surface area contributed by atoms with Gasteiger partial charge in [0.15, 0.2) is 0 Å². The smallest absolute Gasteiger partial charge is 0.127 e. The lowest BCUT2D eigenvalue weighted by atomic mass is 9.97. The van der Waals surface area contributed by atoms with Gasteiger partial charge in [-0.1, -0.05) is 25.4 Å². The summed E-state index contributed by atoms with van der Waals surface area (Å²) in [6.07, 6.45) is 2.47. The zero-order chi connectivity index (χ0) is 14.4. The van der Waals surface area contributed by atoms with Crippen LogP contribution in [0.15, 0.2) is 18.2 Å². The molecule has 0 spiro atoms. The summed E-state index contributed by atoms with van der Waals surface area (Å²) in [6.45, 7) is 6.67. The minimum absolute atomic E-state index is 0.0933.